The summed E-state index contributed by atoms with van der Waals surface area (Å²) in [5.74, 6) is -1.54. The van der Waals surface area contributed by atoms with Crippen LogP contribution in [0, 0.1) is 0 Å². The number of amides is 1. The van der Waals surface area contributed by atoms with Gasteiger partial charge in [-0.05, 0) is 6.07 Å². The first-order valence-corrected chi connectivity index (χ1v) is 3.99. The summed E-state index contributed by atoms with van der Waals surface area (Å²) in [5.41, 5.74) is 0.824. The van der Waals surface area contributed by atoms with Crippen molar-refractivity contribution < 1.29 is 18.7 Å². The van der Waals surface area contributed by atoms with E-state index in [-0.39, 0.29) is 0 Å². The van der Waals surface area contributed by atoms with E-state index in [9.17, 15) is 9.59 Å². The Labute approximate surface area is 81.2 Å². The van der Waals surface area contributed by atoms with Crippen molar-refractivity contribution in [2.75, 3.05) is 14.2 Å². The maximum Gasteiger partial charge on any atom is 0.396 e. The summed E-state index contributed by atoms with van der Waals surface area (Å²) >= 11 is 0. The average molecular weight is 197 g/mol. The van der Waals surface area contributed by atoms with Gasteiger partial charge in [-0.15, -0.1) is 0 Å². The number of carbonyl (C=O) groups is 2. The molecule has 0 aliphatic rings. The first-order valence-electron chi connectivity index (χ1n) is 3.99. The Morgan fingerprint density at radius 1 is 1.57 bits per heavy atom. The van der Waals surface area contributed by atoms with Gasteiger partial charge in [0.15, 0.2) is 0 Å². The van der Waals surface area contributed by atoms with Crippen molar-refractivity contribution in [3.63, 3.8) is 0 Å². The maximum absolute atomic E-state index is 11.2. The highest BCUT2D eigenvalue weighted by molar-refractivity contribution is 6.32. The zero-order valence-electron chi connectivity index (χ0n) is 8.02. The van der Waals surface area contributed by atoms with Gasteiger partial charge in [0.05, 0.1) is 19.6 Å². The number of rotatable bonds is 2. The topological polar surface area (TPSA) is 59.8 Å². The Kier molecular flexibility index (Phi) is 3.28. The molecule has 0 fully saturated rings. The molecular formula is C9H11NO4. The molecule has 5 heteroatoms. The third kappa shape index (κ3) is 2.35. The Morgan fingerprint density at radius 3 is 2.79 bits per heavy atom. The molecule has 0 spiro atoms. The predicted octanol–water partition coefficient (Wildman–Crippen LogP) is 0.411. The van der Waals surface area contributed by atoms with Crippen LogP contribution in [0.1, 0.15) is 5.56 Å². The third-order valence-corrected chi connectivity index (χ3v) is 1.71. The number of nitrogens with zero attached hydrogens (tertiary/aromatic N) is 1. The summed E-state index contributed by atoms with van der Waals surface area (Å²) in [6.45, 7) is 0.324. The van der Waals surface area contributed by atoms with Crippen LogP contribution in [0.25, 0.3) is 0 Å². The monoisotopic (exact) mass is 197 g/mol. The molecule has 1 amide bonds. The minimum Gasteiger partial charge on any atom is -0.472 e. The highest BCUT2D eigenvalue weighted by atomic mass is 16.5. The van der Waals surface area contributed by atoms with Crippen molar-refractivity contribution in [2.24, 2.45) is 0 Å². The first kappa shape index (κ1) is 10.3. The van der Waals surface area contributed by atoms with Gasteiger partial charge >= 0.3 is 11.9 Å². The molecule has 0 aliphatic carbocycles. The van der Waals surface area contributed by atoms with Gasteiger partial charge in [-0.2, -0.15) is 0 Å². The van der Waals surface area contributed by atoms with E-state index in [0.29, 0.717) is 6.54 Å². The van der Waals surface area contributed by atoms with Crippen molar-refractivity contribution in [1.82, 2.24) is 4.90 Å². The van der Waals surface area contributed by atoms with Crippen LogP contribution in [0.5, 0.6) is 0 Å². The highest BCUT2D eigenvalue weighted by Gasteiger charge is 2.19. The summed E-state index contributed by atoms with van der Waals surface area (Å²) in [5, 5.41) is 0. The number of hydrogen-bond donors (Lipinski definition) is 0. The second kappa shape index (κ2) is 4.45. The SMILES string of the molecule is COC(=O)C(=O)N(C)Cc1ccoc1. The molecule has 0 N–H and O–H groups in total. The van der Waals surface area contributed by atoms with E-state index >= 15 is 0 Å². The number of likely N-dealkylation sites (N-methyl/N-ethyl adjacent to an activating group) is 1. The fraction of sp³-hybridized carbons (Fsp3) is 0.333. The van der Waals surface area contributed by atoms with Gasteiger partial charge in [-0.25, -0.2) is 4.79 Å². The second-order valence-electron chi connectivity index (χ2n) is 2.78. The molecule has 0 aromatic carbocycles. The molecule has 0 saturated heterocycles. The predicted molar refractivity (Wildman–Crippen MR) is 47.2 cm³/mol. The van der Waals surface area contributed by atoms with Crippen LogP contribution in [-0.2, 0) is 20.9 Å². The highest BCUT2D eigenvalue weighted by Crippen LogP contribution is 2.03. The van der Waals surface area contributed by atoms with Crippen molar-refractivity contribution in [2.45, 2.75) is 6.54 Å². The van der Waals surface area contributed by atoms with Crippen LogP contribution >= 0.6 is 0 Å². The molecular weight excluding hydrogens is 186 g/mol. The van der Waals surface area contributed by atoms with E-state index in [1.165, 1.54) is 31.6 Å². The second-order valence-corrected chi connectivity index (χ2v) is 2.78. The molecule has 1 aromatic heterocycles. The van der Waals surface area contributed by atoms with E-state index < -0.39 is 11.9 Å². The molecule has 0 radical (unpaired) electrons. The fourth-order valence-electron chi connectivity index (χ4n) is 0.971. The molecule has 1 aromatic rings. The van der Waals surface area contributed by atoms with Crippen LogP contribution in [0.2, 0.25) is 0 Å². The van der Waals surface area contributed by atoms with E-state index in [1.807, 2.05) is 0 Å². The van der Waals surface area contributed by atoms with Gasteiger partial charge in [-0.1, -0.05) is 0 Å². The summed E-state index contributed by atoms with van der Waals surface area (Å²) in [6, 6.07) is 1.72. The lowest BCUT2D eigenvalue weighted by molar-refractivity contribution is -0.157. The van der Waals surface area contributed by atoms with Crippen molar-refractivity contribution in [1.29, 1.82) is 0 Å². The third-order valence-electron chi connectivity index (χ3n) is 1.71. The standard InChI is InChI=1S/C9H11NO4/c1-10(8(11)9(12)13-2)5-7-3-4-14-6-7/h3-4,6H,5H2,1-2H3. The lowest BCUT2D eigenvalue weighted by Crippen LogP contribution is -2.33. The van der Waals surface area contributed by atoms with E-state index in [0.717, 1.165) is 5.56 Å². The first-order chi connectivity index (χ1) is 6.65. The number of furan rings is 1. The van der Waals surface area contributed by atoms with Crippen LogP contribution in [0.15, 0.2) is 23.0 Å². The van der Waals surface area contributed by atoms with Crippen molar-refractivity contribution in [3.05, 3.63) is 24.2 Å². The van der Waals surface area contributed by atoms with E-state index in [2.05, 4.69) is 4.74 Å². The number of esters is 1. The van der Waals surface area contributed by atoms with Crippen LogP contribution in [0.4, 0.5) is 0 Å². The molecule has 0 bridgehead atoms. The molecule has 14 heavy (non-hydrogen) atoms. The number of hydrogen-bond acceptors (Lipinski definition) is 4. The van der Waals surface area contributed by atoms with Gasteiger partial charge in [-0.3, -0.25) is 4.79 Å². The van der Waals surface area contributed by atoms with Gasteiger partial charge in [0.1, 0.15) is 0 Å². The smallest absolute Gasteiger partial charge is 0.396 e. The largest absolute Gasteiger partial charge is 0.472 e. The molecule has 1 rings (SSSR count). The molecule has 0 unspecified atom stereocenters. The Hall–Kier alpha value is -1.78. The van der Waals surface area contributed by atoms with E-state index in [1.54, 1.807) is 6.07 Å². The average Bonchev–Trinajstić information content (AvgIpc) is 2.68. The maximum atomic E-state index is 11.2. The molecule has 0 aliphatic heterocycles. The minimum atomic E-state index is -0.865. The summed E-state index contributed by atoms with van der Waals surface area (Å²) in [6.07, 6.45) is 3.02. The number of carbonyl (C=O) groups excluding carboxylic acids is 2. The lowest BCUT2D eigenvalue weighted by Gasteiger charge is -2.13. The normalized spacial score (nSPS) is 9.57. The van der Waals surface area contributed by atoms with Gasteiger partial charge in [0.25, 0.3) is 0 Å². The Morgan fingerprint density at radius 2 is 2.29 bits per heavy atom. The molecule has 0 saturated carbocycles. The zero-order chi connectivity index (χ0) is 10.6. The number of ether oxygens (including phenoxy) is 1. The molecule has 1 heterocycles. The van der Waals surface area contributed by atoms with Crippen LogP contribution in [-0.4, -0.2) is 30.9 Å². The van der Waals surface area contributed by atoms with Crippen LogP contribution < -0.4 is 0 Å². The fourth-order valence-corrected chi connectivity index (χ4v) is 0.971. The minimum absolute atomic E-state index is 0.324. The van der Waals surface area contributed by atoms with Crippen molar-refractivity contribution >= 4 is 11.9 Å². The quantitative estimate of drug-likeness (QED) is 0.509. The van der Waals surface area contributed by atoms with Gasteiger partial charge in [0.2, 0.25) is 0 Å². The molecule has 5 nitrogen and oxygen atoms in total. The van der Waals surface area contributed by atoms with E-state index in [4.69, 9.17) is 4.42 Å². The Balaban J connectivity index is 2.54. The summed E-state index contributed by atoms with van der Waals surface area (Å²) in [7, 11) is 2.69. The molecule has 76 valence electrons. The summed E-state index contributed by atoms with van der Waals surface area (Å²) < 4.78 is 9.13. The van der Waals surface area contributed by atoms with Gasteiger partial charge in [0, 0.05) is 19.2 Å². The Bertz CT molecular complexity index is 318. The summed E-state index contributed by atoms with van der Waals surface area (Å²) in [4.78, 5) is 23.3. The number of methoxy groups -OCH3 is 1. The lowest BCUT2D eigenvalue weighted by atomic mass is 10.3. The zero-order valence-corrected chi connectivity index (χ0v) is 8.02. The van der Waals surface area contributed by atoms with Crippen molar-refractivity contribution in [3.8, 4) is 0 Å². The van der Waals surface area contributed by atoms with Gasteiger partial charge < -0.3 is 14.1 Å². The van der Waals surface area contributed by atoms with Crippen LogP contribution in [0.3, 0.4) is 0 Å². The molecule has 0 atom stereocenters.